The largest absolute Gasteiger partial charge is 1.00 e. The fourth-order valence-corrected chi connectivity index (χ4v) is 2.61. The van der Waals surface area contributed by atoms with Crippen molar-refractivity contribution in [2.75, 3.05) is 26.2 Å². The molecule has 6 nitrogen and oxygen atoms in total. The van der Waals surface area contributed by atoms with Gasteiger partial charge in [0.1, 0.15) is 0 Å². The molecule has 7 heteroatoms. The van der Waals surface area contributed by atoms with Gasteiger partial charge in [-0.05, 0) is 6.42 Å². The number of rotatable bonds is 16. The van der Waals surface area contributed by atoms with E-state index in [1.165, 1.54) is 51.4 Å². The van der Waals surface area contributed by atoms with Gasteiger partial charge in [0.25, 0.3) is 0 Å². The van der Waals surface area contributed by atoms with E-state index in [4.69, 9.17) is 10.2 Å². The van der Waals surface area contributed by atoms with Crippen LogP contribution < -0.4 is 34.9 Å². The number of aliphatic hydroxyl groups is 1. The number of aliphatic carboxylic acids is 1. The number of hydrogen-bond acceptors (Lipinski definition) is 3. The molecule has 0 aromatic rings. The van der Waals surface area contributed by atoms with E-state index < -0.39 is 5.97 Å². The van der Waals surface area contributed by atoms with Crippen molar-refractivity contribution in [3.63, 3.8) is 0 Å². The van der Waals surface area contributed by atoms with Gasteiger partial charge in [-0.15, -0.1) is 0 Å². The second-order valence-electron chi connectivity index (χ2n) is 6.27. The van der Waals surface area contributed by atoms with Crippen molar-refractivity contribution in [2.45, 2.75) is 77.6 Å². The molecule has 3 N–H and O–H groups in total. The summed E-state index contributed by atoms with van der Waals surface area (Å²) >= 11 is 0. The molecule has 0 aromatic heterocycles. The maximum atomic E-state index is 11.9. The van der Waals surface area contributed by atoms with Gasteiger partial charge in [-0.3, -0.25) is 4.79 Å². The summed E-state index contributed by atoms with van der Waals surface area (Å²) in [6.45, 7) is 3.16. The number of carboxylic acids is 1. The summed E-state index contributed by atoms with van der Waals surface area (Å²) in [4.78, 5) is 23.9. The molecule has 2 amide bonds. The minimum Gasteiger partial charge on any atom is -1.00 e. The van der Waals surface area contributed by atoms with Crippen molar-refractivity contribution in [1.29, 1.82) is 0 Å². The Morgan fingerprint density at radius 3 is 1.92 bits per heavy atom. The predicted molar refractivity (Wildman–Crippen MR) is 97.3 cm³/mol. The average molecular weight is 368 g/mol. The van der Waals surface area contributed by atoms with E-state index in [9.17, 15) is 9.59 Å². The van der Waals surface area contributed by atoms with E-state index in [2.05, 4.69) is 12.2 Å². The Hall–Kier alpha value is -0.300. The normalized spacial score (nSPS) is 10.2. The molecule has 144 valence electrons. The summed E-state index contributed by atoms with van der Waals surface area (Å²) < 4.78 is 0. The number of carbonyl (C=O) groups is 2. The molecule has 0 heterocycles. The van der Waals surface area contributed by atoms with Crippen LogP contribution in [0, 0.1) is 0 Å². The number of carbonyl (C=O) groups excluding carboxylic acids is 1. The molecule has 0 rings (SSSR count). The minimum absolute atomic E-state index is 0. The van der Waals surface area contributed by atoms with Crippen LogP contribution in [0.25, 0.3) is 0 Å². The first kappa shape index (κ1) is 26.9. The third kappa shape index (κ3) is 18.3. The molecule has 0 fully saturated rings. The molecule has 0 unspecified atom stereocenters. The summed E-state index contributed by atoms with van der Waals surface area (Å²) in [6.07, 6.45) is 12.3. The molecule has 0 spiro atoms. The number of unbranched alkanes of at least 4 members (excludes halogenated alkanes) is 9. The summed E-state index contributed by atoms with van der Waals surface area (Å²) in [5, 5.41) is 20.2. The SMILES string of the molecule is CCCCCCCCCCCCN(CCO)C(=O)NCCC(=O)O.[H-].[Na+]. The number of carboxylic acid groups (broad SMARTS) is 1. The smallest absolute Gasteiger partial charge is 1.00 e. The van der Waals surface area contributed by atoms with Crippen LogP contribution in [0.3, 0.4) is 0 Å². The van der Waals surface area contributed by atoms with E-state index in [0.717, 1.165) is 12.8 Å². The zero-order valence-electron chi connectivity index (χ0n) is 17.3. The Balaban J connectivity index is -0.00000264. The number of nitrogens with one attached hydrogen (secondary N) is 1. The molecule has 0 saturated heterocycles. The van der Waals surface area contributed by atoms with Crippen LogP contribution >= 0.6 is 0 Å². The Morgan fingerprint density at radius 1 is 0.920 bits per heavy atom. The summed E-state index contributed by atoms with van der Waals surface area (Å²) in [5.74, 6) is -0.932. The number of hydrogen-bond donors (Lipinski definition) is 3. The molecule has 25 heavy (non-hydrogen) atoms. The van der Waals surface area contributed by atoms with E-state index in [1.807, 2.05) is 0 Å². The van der Waals surface area contributed by atoms with Gasteiger partial charge in [-0.25, -0.2) is 4.79 Å². The molecular weight excluding hydrogens is 331 g/mol. The van der Waals surface area contributed by atoms with Crippen LogP contribution in [0.2, 0.25) is 0 Å². The first-order chi connectivity index (χ1) is 11.6. The molecule has 0 radical (unpaired) electrons. The van der Waals surface area contributed by atoms with Crippen molar-refractivity contribution < 1.29 is 50.8 Å². The zero-order chi connectivity index (χ0) is 18.0. The number of urea groups is 1. The maximum Gasteiger partial charge on any atom is 1.00 e. The van der Waals surface area contributed by atoms with Crippen LogP contribution in [0.4, 0.5) is 4.79 Å². The van der Waals surface area contributed by atoms with Gasteiger partial charge >= 0.3 is 41.6 Å². The monoisotopic (exact) mass is 368 g/mol. The second-order valence-corrected chi connectivity index (χ2v) is 6.27. The molecule has 0 aliphatic heterocycles. The first-order valence-corrected chi connectivity index (χ1v) is 9.47. The number of nitrogens with zero attached hydrogens (tertiary/aromatic N) is 1. The third-order valence-electron chi connectivity index (χ3n) is 4.05. The first-order valence-electron chi connectivity index (χ1n) is 9.47. The molecule has 0 saturated carbocycles. The molecule has 0 aliphatic carbocycles. The second kappa shape index (κ2) is 20.0. The van der Waals surface area contributed by atoms with Crippen molar-refractivity contribution in [2.24, 2.45) is 0 Å². The molecule has 0 aromatic carbocycles. The molecular formula is C18H37N2NaO4. The quantitative estimate of drug-likeness (QED) is 0.273. The predicted octanol–water partition coefficient (Wildman–Crippen LogP) is 0.502. The van der Waals surface area contributed by atoms with Crippen LogP contribution in [-0.4, -0.2) is 53.4 Å². The average Bonchev–Trinajstić information content (AvgIpc) is 2.55. The van der Waals surface area contributed by atoms with Gasteiger partial charge in [-0.1, -0.05) is 64.7 Å². The minimum atomic E-state index is -0.932. The summed E-state index contributed by atoms with van der Waals surface area (Å²) in [7, 11) is 0. The summed E-state index contributed by atoms with van der Waals surface area (Å²) in [6, 6.07) is -0.291. The van der Waals surface area contributed by atoms with Crippen LogP contribution in [0.1, 0.15) is 79.0 Å². The molecule has 0 atom stereocenters. The Labute approximate surface area is 176 Å². The Kier molecular flexibility index (Phi) is 21.6. The summed E-state index contributed by atoms with van der Waals surface area (Å²) in [5.41, 5.74) is 0. The number of aliphatic hydroxyl groups excluding tert-OH is 1. The van der Waals surface area contributed by atoms with Crippen LogP contribution in [-0.2, 0) is 4.79 Å². The van der Waals surface area contributed by atoms with Gasteiger partial charge in [0.2, 0.25) is 0 Å². The van der Waals surface area contributed by atoms with Crippen molar-refractivity contribution in [1.82, 2.24) is 10.2 Å². The van der Waals surface area contributed by atoms with Gasteiger partial charge in [0.05, 0.1) is 13.0 Å². The standard InChI is InChI=1S/C18H36N2O4.Na.H/c1-2-3-4-5-6-7-8-9-10-11-14-20(15-16-21)18(24)19-13-12-17(22)23;;/h21H,2-16H2,1H3,(H,19,24)(H,22,23);;/q;+1;-1. The fourth-order valence-electron chi connectivity index (χ4n) is 2.61. The van der Waals surface area contributed by atoms with E-state index in [1.54, 1.807) is 4.90 Å². The van der Waals surface area contributed by atoms with Gasteiger partial charge < -0.3 is 21.9 Å². The van der Waals surface area contributed by atoms with Gasteiger partial charge in [0.15, 0.2) is 0 Å². The van der Waals surface area contributed by atoms with Crippen molar-refractivity contribution in [3.8, 4) is 0 Å². The van der Waals surface area contributed by atoms with Gasteiger partial charge in [0, 0.05) is 19.6 Å². The third-order valence-corrected chi connectivity index (χ3v) is 4.05. The van der Waals surface area contributed by atoms with E-state index in [-0.39, 0.29) is 63.1 Å². The van der Waals surface area contributed by atoms with Crippen LogP contribution in [0.15, 0.2) is 0 Å². The zero-order valence-corrected chi connectivity index (χ0v) is 18.3. The Morgan fingerprint density at radius 2 is 1.44 bits per heavy atom. The Bertz CT molecular complexity index is 336. The number of amides is 2. The van der Waals surface area contributed by atoms with Crippen LogP contribution in [0.5, 0.6) is 0 Å². The fraction of sp³-hybridized carbons (Fsp3) is 0.889. The van der Waals surface area contributed by atoms with Gasteiger partial charge in [-0.2, -0.15) is 0 Å². The van der Waals surface area contributed by atoms with Crippen molar-refractivity contribution in [3.05, 3.63) is 0 Å². The van der Waals surface area contributed by atoms with E-state index >= 15 is 0 Å². The molecule has 0 aliphatic rings. The topological polar surface area (TPSA) is 89.9 Å². The maximum absolute atomic E-state index is 11.9. The molecule has 0 bridgehead atoms. The van der Waals surface area contributed by atoms with E-state index in [0.29, 0.717) is 6.54 Å². The van der Waals surface area contributed by atoms with Crippen molar-refractivity contribution >= 4 is 12.0 Å².